The average Bonchev–Trinajstić information content (AvgIpc) is 3.08. The molecule has 4 aromatic carbocycles. The Hall–Kier alpha value is -4.02. The molecule has 1 N–H and O–H groups in total. The first-order chi connectivity index (χ1) is 22.4. The number of fused-ring (bicyclic) bond motifs is 2. The molecule has 6 nitrogen and oxygen atoms in total. The molecule has 0 unspecified atom stereocenters. The third kappa shape index (κ3) is 7.03. The van der Waals surface area contributed by atoms with Crippen LogP contribution in [0.15, 0.2) is 140 Å². The van der Waals surface area contributed by atoms with Crippen molar-refractivity contribution in [1.29, 1.82) is 0 Å². The molecule has 9 heteroatoms. The third-order valence-electron chi connectivity index (χ3n) is 7.88. The van der Waals surface area contributed by atoms with Gasteiger partial charge in [0.2, 0.25) is 5.36 Å². The van der Waals surface area contributed by atoms with Gasteiger partial charge in [0, 0.05) is 56.2 Å². The lowest BCUT2D eigenvalue weighted by Crippen LogP contribution is -2.29. The third-order valence-corrected chi connectivity index (χ3v) is 10.9. The van der Waals surface area contributed by atoms with Gasteiger partial charge in [-0.1, -0.05) is 66.4 Å². The lowest BCUT2D eigenvalue weighted by molar-refractivity contribution is 0.483. The number of thioether (sulfide) groups is 2. The van der Waals surface area contributed by atoms with Crippen LogP contribution in [0.5, 0.6) is 0 Å². The van der Waals surface area contributed by atoms with Crippen LogP contribution in [0, 0.1) is 0 Å². The number of anilines is 1. The number of hydrogen-bond acceptors (Lipinski definition) is 6. The number of nitrogens with zero attached hydrogens (tertiary/aromatic N) is 2. The second kappa shape index (κ2) is 14.2. The van der Waals surface area contributed by atoms with Crippen molar-refractivity contribution in [3.05, 3.63) is 127 Å². The molecule has 0 saturated heterocycles. The zero-order valence-electron chi connectivity index (χ0n) is 25.7. The zero-order valence-corrected chi connectivity index (χ0v) is 28.1. The van der Waals surface area contributed by atoms with Gasteiger partial charge in [-0.25, -0.2) is 4.58 Å². The highest BCUT2D eigenvalue weighted by Crippen LogP contribution is 2.43. The van der Waals surface area contributed by atoms with E-state index in [9.17, 15) is 13.0 Å². The number of rotatable bonds is 11. The van der Waals surface area contributed by atoms with Gasteiger partial charge in [0.25, 0.3) is 10.1 Å². The second-order valence-electron chi connectivity index (χ2n) is 10.7. The Balaban J connectivity index is 1.51. The minimum atomic E-state index is -4.49. The number of benzene rings is 5. The second-order valence-corrected chi connectivity index (χ2v) is 14.1. The summed E-state index contributed by atoms with van der Waals surface area (Å²) in [6.45, 7) is 5.85. The van der Waals surface area contributed by atoms with Crippen molar-refractivity contribution >= 4 is 50.3 Å². The van der Waals surface area contributed by atoms with Crippen LogP contribution in [0.25, 0.3) is 33.4 Å². The molecular formula is C37H35N2O4S3+. The van der Waals surface area contributed by atoms with Crippen LogP contribution < -0.4 is 14.8 Å². The summed E-state index contributed by atoms with van der Waals surface area (Å²) in [5.74, 6) is 2.14. The van der Waals surface area contributed by atoms with Crippen LogP contribution in [0.3, 0.4) is 0 Å². The summed E-state index contributed by atoms with van der Waals surface area (Å²) in [5.41, 5.74) is 3.52. The molecule has 0 radical (unpaired) electrons. The van der Waals surface area contributed by atoms with Gasteiger partial charge in [0.05, 0.1) is 11.9 Å². The maximum absolute atomic E-state index is 12.6. The smallest absolute Gasteiger partial charge is 0.295 e. The van der Waals surface area contributed by atoms with Gasteiger partial charge in [0.15, 0.2) is 5.88 Å². The first-order valence-corrected chi connectivity index (χ1v) is 18.5. The first-order valence-electron chi connectivity index (χ1n) is 15.1. The van der Waals surface area contributed by atoms with Crippen LogP contribution in [-0.4, -0.2) is 37.8 Å². The largest absolute Gasteiger partial charge is 0.456 e. The van der Waals surface area contributed by atoms with E-state index in [1.807, 2.05) is 72.8 Å². The molecule has 2 aliphatic rings. The fourth-order valence-corrected chi connectivity index (χ4v) is 8.16. The van der Waals surface area contributed by atoms with Crippen LogP contribution in [-0.2, 0) is 10.1 Å². The average molecular weight is 668 g/mol. The minimum absolute atomic E-state index is 0.138. The summed E-state index contributed by atoms with van der Waals surface area (Å²) in [6.07, 6.45) is 0. The van der Waals surface area contributed by atoms with E-state index in [1.165, 1.54) is 15.9 Å². The van der Waals surface area contributed by atoms with E-state index in [1.54, 1.807) is 41.7 Å². The Morgan fingerprint density at radius 2 is 1.43 bits per heavy atom. The summed E-state index contributed by atoms with van der Waals surface area (Å²) in [4.78, 5) is 4.53. The van der Waals surface area contributed by atoms with E-state index in [4.69, 9.17) is 4.42 Å². The van der Waals surface area contributed by atoms with Crippen molar-refractivity contribution in [3.63, 3.8) is 0 Å². The van der Waals surface area contributed by atoms with Crippen molar-refractivity contribution in [2.45, 2.75) is 28.5 Å². The molecule has 0 saturated carbocycles. The summed E-state index contributed by atoms with van der Waals surface area (Å²) >= 11 is 3.53. The highest BCUT2D eigenvalue weighted by Gasteiger charge is 2.24. The van der Waals surface area contributed by atoms with Crippen LogP contribution >= 0.6 is 23.5 Å². The monoisotopic (exact) mass is 667 g/mol. The van der Waals surface area contributed by atoms with Crippen molar-refractivity contribution in [3.8, 4) is 22.5 Å². The molecule has 0 aromatic heterocycles. The van der Waals surface area contributed by atoms with Gasteiger partial charge in [0.1, 0.15) is 22.8 Å². The molecule has 234 valence electrons. The van der Waals surface area contributed by atoms with Crippen LogP contribution in [0.2, 0.25) is 0 Å². The normalized spacial score (nSPS) is 12.4. The van der Waals surface area contributed by atoms with Crippen molar-refractivity contribution in [2.75, 3.05) is 29.7 Å². The molecule has 1 aliphatic carbocycles. The zero-order chi connectivity index (χ0) is 32.1. The molecule has 0 atom stereocenters. The van der Waals surface area contributed by atoms with Crippen molar-refractivity contribution < 1.29 is 17.4 Å². The summed E-state index contributed by atoms with van der Waals surface area (Å²) in [6, 6.07) is 39.3. The predicted molar refractivity (Wildman–Crippen MR) is 191 cm³/mol. The molecule has 0 amide bonds. The lowest BCUT2D eigenvalue weighted by Gasteiger charge is -2.24. The highest BCUT2D eigenvalue weighted by atomic mass is 32.2. The Labute approximate surface area is 278 Å². The van der Waals surface area contributed by atoms with Gasteiger partial charge in [-0.3, -0.25) is 4.55 Å². The molecule has 0 spiro atoms. The summed E-state index contributed by atoms with van der Waals surface area (Å²) < 4.78 is 44.2. The van der Waals surface area contributed by atoms with Crippen molar-refractivity contribution in [1.82, 2.24) is 4.58 Å². The van der Waals surface area contributed by atoms with Gasteiger partial charge >= 0.3 is 0 Å². The van der Waals surface area contributed by atoms with E-state index in [0.29, 0.717) is 22.5 Å². The van der Waals surface area contributed by atoms with E-state index in [2.05, 4.69) is 47.6 Å². The highest BCUT2D eigenvalue weighted by molar-refractivity contribution is 7.99. The molecule has 4 aromatic rings. The fraction of sp³-hybridized carbons (Fsp3) is 0.162. The van der Waals surface area contributed by atoms with Crippen LogP contribution in [0.1, 0.15) is 13.8 Å². The summed E-state index contributed by atoms with van der Waals surface area (Å²) in [5, 5.41) is 1.76. The van der Waals surface area contributed by atoms with E-state index < -0.39 is 10.1 Å². The standard InChI is InChI=1S/C37H34N2O4S3/c1-3-38(25-44-29-13-7-5-8-14-29)27-19-21-31-34(23-27)43-35-24-28(39(4-2)26-45-30-15-9-6-10-16-30)20-22-32(35)37(31)33-17-11-12-18-36(33)46(40,41)42/h5-24H,3-4,25-26H2,1-2H3/p+1. The van der Waals surface area contributed by atoms with Crippen molar-refractivity contribution in [2.24, 2.45) is 0 Å². The van der Waals surface area contributed by atoms with Gasteiger partial charge < -0.3 is 9.32 Å². The molecular weight excluding hydrogens is 633 g/mol. The van der Waals surface area contributed by atoms with E-state index in [-0.39, 0.29) is 4.90 Å². The maximum atomic E-state index is 12.6. The summed E-state index contributed by atoms with van der Waals surface area (Å²) in [7, 11) is -4.49. The van der Waals surface area contributed by atoms with E-state index >= 15 is 0 Å². The van der Waals surface area contributed by atoms with Gasteiger partial charge in [-0.15, -0.1) is 11.8 Å². The quantitative estimate of drug-likeness (QED) is 0.0488. The Morgan fingerprint density at radius 1 is 0.761 bits per heavy atom. The minimum Gasteiger partial charge on any atom is -0.456 e. The molecule has 0 fully saturated rings. The number of hydrogen-bond donors (Lipinski definition) is 1. The van der Waals surface area contributed by atoms with Gasteiger partial charge in [-0.2, -0.15) is 8.42 Å². The first kappa shape index (κ1) is 31.9. The Bertz CT molecular complexity index is 2110. The predicted octanol–water partition coefficient (Wildman–Crippen LogP) is 8.57. The molecule has 1 aliphatic heterocycles. The maximum Gasteiger partial charge on any atom is 0.295 e. The van der Waals surface area contributed by atoms with Crippen LogP contribution in [0.4, 0.5) is 5.69 Å². The fourth-order valence-electron chi connectivity index (χ4n) is 5.48. The Kier molecular flexibility index (Phi) is 9.84. The molecule has 6 rings (SSSR count). The molecule has 46 heavy (non-hydrogen) atoms. The molecule has 1 heterocycles. The lowest BCUT2D eigenvalue weighted by atomic mass is 9.93. The molecule has 0 bridgehead atoms. The van der Waals surface area contributed by atoms with Gasteiger partial charge in [-0.05, 0) is 62.4 Å². The SMILES string of the molecule is CCN(CSc1ccccc1)c1ccc2c(-c3ccccc3S(=O)(=O)O)c3ccc(=[N+](CC)CSc4ccccc4)cc-3oc2c1. The van der Waals surface area contributed by atoms with E-state index in [0.717, 1.165) is 46.8 Å². The topological polar surface area (TPSA) is 73.8 Å². The Morgan fingerprint density at radius 3 is 2.11 bits per heavy atom.